The van der Waals surface area contributed by atoms with E-state index in [1.165, 1.54) is 5.69 Å². The van der Waals surface area contributed by atoms with Crippen LogP contribution in [0.1, 0.15) is 52.3 Å². The summed E-state index contributed by atoms with van der Waals surface area (Å²) in [6.07, 6.45) is 4.64. The molecule has 1 aliphatic rings. The van der Waals surface area contributed by atoms with Crippen LogP contribution in [-0.2, 0) is 10.2 Å². The van der Waals surface area contributed by atoms with Gasteiger partial charge < -0.3 is 14.3 Å². The lowest BCUT2D eigenvalue weighted by molar-refractivity contribution is 0.0711. The highest BCUT2D eigenvalue weighted by Gasteiger charge is 2.28. The summed E-state index contributed by atoms with van der Waals surface area (Å²) in [7, 11) is 0. The molecule has 3 nitrogen and oxygen atoms in total. The third kappa shape index (κ3) is 2.47. The van der Waals surface area contributed by atoms with Crippen molar-refractivity contribution in [1.82, 2.24) is 9.55 Å². The summed E-state index contributed by atoms with van der Waals surface area (Å²) < 4.78 is 8.81. The van der Waals surface area contributed by atoms with Crippen molar-refractivity contribution in [2.75, 3.05) is 6.61 Å². The minimum atomic E-state index is 0.0976. The number of rotatable bonds is 2. The number of nitrogens with zero attached hydrogens (tertiary/aromatic N) is 1. The maximum atomic E-state index is 5.78. The van der Waals surface area contributed by atoms with Crippen LogP contribution in [-0.4, -0.2) is 22.3 Å². The molecule has 1 aromatic rings. The Morgan fingerprint density at radius 2 is 2.24 bits per heavy atom. The van der Waals surface area contributed by atoms with Crippen LogP contribution < -0.4 is 0 Å². The molecule has 2 rings (SSSR count). The van der Waals surface area contributed by atoms with Crippen LogP contribution in [0.4, 0.5) is 0 Å². The van der Waals surface area contributed by atoms with Crippen LogP contribution in [0.5, 0.6) is 0 Å². The van der Waals surface area contributed by atoms with Gasteiger partial charge in [0.2, 0.25) is 0 Å². The summed E-state index contributed by atoms with van der Waals surface area (Å²) in [6.45, 7) is 9.73. The van der Waals surface area contributed by atoms with Gasteiger partial charge >= 0.3 is 0 Å². The van der Waals surface area contributed by atoms with Crippen molar-refractivity contribution in [2.45, 2.75) is 58.1 Å². The molecule has 1 saturated heterocycles. The van der Waals surface area contributed by atoms with E-state index in [0.29, 0.717) is 12.1 Å². The SMILES string of the molecule is CC(C1CCCO1)n1c(C(C)(C)C)c[nH]c1=S. The van der Waals surface area contributed by atoms with E-state index < -0.39 is 0 Å². The topological polar surface area (TPSA) is 29.9 Å². The zero-order valence-electron chi connectivity index (χ0n) is 11.1. The Balaban J connectivity index is 2.36. The van der Waals surface area contributed by atoms with Gasteiger partial charge in [0.05, 0.1) is 12.1 Å². The summed E-state index contributed by atoms with van der Waals surface area (Å²) in [5, 5.41) is 0. The Bertz CT molecular complexity index is 435. The van der Waals surface area contributed by atoms with Crippen molar-refractivity contribution < 1.29 is 4.74 Å². The number of aromatic nitrogens is 2. The molecule has 0 saturated carbocycles. The van der Waals surface area contributed by atoms with Gasteiger partial charge in [-0.2, -0.15) is 0 Å². The maximum absolute atomic E-state index is 5.78. The van der Waals surface area contributed by atoms with Gasteiger partial charge in [0, 0.05) is 23.9 Å². The normalized spacial score (nSPS) is 22.9. The highest BCUT2D eigenvalue weighted by molar-refractivity contribution is 7.71. The second-order valence-corrected chi connectivity index (χ2v) is 6.28. The molecule has 2 atom stereocenters. The molecule has 1 fully saturated rings. The second kappa shape index (κ2) is 4.58. The van der Waals surface area contributed by atoms with E-state index in [-0.39, 0.29) is 5.41 Å². The van der Waals surface area contributed by atoms with Crippen LogP contribution in [0.2, 0.25) is 0 Å². The molecule has 0 aromatic carbocycles. The monoisotopic (exact) mass is 254 g/mol. The van der Waals surface area contributed by atoms with E-state index in [1.54, 1.807) is 0 Å². The van der Waals surface area contributed by atoms with E-state index in [0.717, 1.165) is 24.2 Å². The van der Waals surface area contributed by atoms with Gasteiger partial charge in [-0.3, -0.25) is 0 Å². The molecule has 0 radical (unpaired) electrons. The minimum absolute atomic E-state index is 0.0976. The molecule has 1 N–H and O–H groups in total. The predicted octanol–water partition coefficient (Wildman–Crippen LogP) is 3.58. The summed E-state index contributed by atoms with van der Waals surface area (Å²) in [4.78, 5) is 3.17. The second-order valence-electron chi connectivity index (χ2n) is 5.89. The number of imidazole rings is 1. The van der Waals surface area contributed by atoms with Crippen LogP contribution in [0.25, 0.3) is 0 Å². The number of aromatic amines is 1. The first kappa shape index (κ1) is 12.8. The molecule has 4 heteroatoms. The Morgan fingerprint density at radius 1 is 1.53 bits per heavy atom. The van der Waals surface area contributed by atoms with Crippen LogP contribution in [0.15, 0.2) is 6.20 Å². The molecular weight excluding hydrogens is 232 g/mol. The first-order valence-electron chi connectivity index (χ1n) is 6.33. The molecule has 2 heterocycles. The molecule has 1 aliphatic heterocycles. The van der Waals surface area contributed by atoms with Crippen molar-refractivity contribution >= 4 is 12.2 Å². The lowest BCUT2D eigenvalue weighted by atomic mass is 9.92. The quantitative estimate of drug-likeness (QED) is 0.818. The lowest BCUT2D eigenvalue weighted by Crippen LogP contribution is -2.26. The van der Waals surface area contributed by atoms with Crippen molar-refractivity contribution in [1.29, 1.82) is 0 Å². The molecule has 96 valence electrons. The largest absolute Gasteiger partial charge is 0.376 e. The van der Waals surface area contributed by atoms with Crippen molar-refractivity contribution in [2.24, 2.45) is 0 Å². The molecule has 0 bridgehead atoms. The number of H-pyrrole nitrogens is 1. The molecule has 0 spiro atoms. The Kier molecular flexibility index (Phi) is 3.46. The summed E-state index contributed by atoms with van der Waals surface area (Å²) in [6, 6.07) is 0.311. The van der Waals surface area contributed by atoms with Gasteiger partial charge in [0.1, 0.15) is 0 Å². The summed E-state index contributed by atoms with van der Waals surface area (Å²) in [5.41, 5.74) is 1.35. The zero-order valence-corrected chi connectivity index (χ0v) is 11.9. The molecular formula is C13H22N2OS. The zero-order chi connectivity index (χ0) is 12.6. The minimum Gasteiger partial charge on any atom is -0.376 e. The third-order valence-electron chi connectivity index (χ3n) is 3.49. The van der Waals surface area contributed by atoms with E-state index >= 15 is 0 Å². The highest BCUT2D eigenvalue weighted by atomic mass is 32.1. The van der Waals surface area contributed by atoms with Crippen molar-refractivity contribution in [3.63, 3.8) is 0 Å². The van der Waals surface area contributed by atoms with E-state index in [9.17, 15) is 0 Å². The molecule has 0 amide bonds. The fourth-order valence-corrected chi connectivity index (χ4v) is 2.83. The predicted molar refractivity (Wildman–Crippen MR) is 72.0 cm³/mol. The summed E-state index contributed by atoms with van der Waals surface area (Å²) in [5.74, 6) is 0. The first-order valence-corrected chi connectivity index (χ1v) is 6.74. The average molecular weight is 254 g/mol. The van der Waals surface area contributed by atoms with Gasteiger partial charge in [-0.15, -0.1) is 0 Å². The van der Waals surface area contributed by atoms with E-state index in [2.05, 4.69) is 37.2 Å². The van der Waals surface area contributed by atoms with Crippen LogP contribution in [0, 0.1) is 4.77 Å². The molecule has 2 unspecified atom stereocenters. The van der Waals surface area contributed by atoms with Gasteiger partial charge in [-0.25, -0.2) is 0 Å². The van der Waals surface area contributed by atoms with Gasteiger partial charge in [0.15, 0.2) is 4.77 Å². The Morgan fingerprint density at radius 3 is 2.76 bits per heavy atom. The Hall–Kier alpha value is -0.610. The standard InChI is InChI=1S/C13H22N2OS/c1-9(10-6-5-7-16-10)15-11(13(2,3)4)8-14-12(15)17/h8-10H,5-7H2,1-4H3,(H,14,17). The fourth-order valence-electron chi connectivity index (χ4n) is 2.51. The third-order valence-corrected chi connectivity index (χ3v) is 3.80. The smallest absolute Gasteiger partial charge is 0.177 e. The number of nitrogens with one attached hydrogen (secondary N) is 1. The molecule has 1 aromatic heterocycles. The van der Waals surface area contributed by atoms with E-state index in [1.807, 2.05) is 6.20 Å². The van der Waals surface area contributed by atoms with Gasteiger partial charge in [0.25, 0.3) is 0 Å². The number of hydrogen-bond donors (Lipinski definition) is 1. The van der Waals surface area contributed by atoms with Gasteiger partial charge in [-0.1, -0.05) is 20.8 Å². The van der Waals surface area contributed by atoms with Crippen LogP contribution in [0.3, 0.4) is 0 Å². The number of hydrogen-bond acceptors (Lipinski definition) is 2. The molecule has 0 aliphatic carbocycles. The Labute approximate surface area is 108 Å². The molecule has 17 heavy (non-hydrogen) atoms. The lowest BCUT2D eigenvalue weighted by Gasteiger charge is -2.27. The number of ether oxygens (including phenoxy) is 1. The fraction of sp³-hybridized carbons (Fsp3) is 0.769. The van der Waals surface area contributed by atoms with E-state index in [4.69, 9.17) is 17.0 Å². The van der Waals surface area contributed by atoms with Crippen molar-refractivity contribution in [3.8, 4) is 0 Å². The van der Waals surface area contributed by atoms with Gasteiger partial charge in [-0.05, 0) is 32.0 Å². The first-order chi connectivity index (χ1) is 7.91. The maximum Gasteiger partial charge on any atom is 0.177 e. The average Bonchev–Trinajstić information content (AvgIpc) is 2.83. The highest BCUT2D eigenvalue weighted by Crippen LogP contribution is 2.30. The van der Waals surface area contributed by atoms with Crippen LogP contribution >= 0.6 is 12.2 Å². The van der Waals surface area contributed by atoms with Crippen molar-refractivity contribution in [3.05, 3.63) is 16.7 Å². The summed E-state index contributed by atoms with van der Waals surface area (Å²) >= 11 is 5.41.